The van der Waals surface area contributed by atoms with E-state index in [1.807, 2.05) is 0 Å². The molecule has 0 aliphatic heterocycles. The van der Waals surface area contributed by atoms with Crippen LogP contribution in [0.15, 0.2) is 21.4 Å². The van der Waals surface area contributed by atoms with Crippen LogP contribution in [0, 0.1) is 0 Å². The van der Waals surface area contributed by atoms with Crippen molar-refractivity contribution in [1.29, 1.82) is 0 Å². The summed E-state index contributed by atoms with van der Waals surface area (Å²) < 4.78 is 5.36. The number of rotatable bonds is 3. The smallest absolute Gasteiger partial charge is 0.256 e. The fraction of sp³-hybridized carbons (Fsp3) is 0.250. The first-order chi connectivity index (χ1) is 7.68. The summed E-state index contributed by atoms with van der Waals surface area (Å²) in [6.45, 7) is 1.76. The standard InChI is InChI=1S/C8H8BrN5O2/c1-4(7-11-13-14-12-7)10-8(15)5-2-3-16-6(5)9/h2-4H,1H3,(H,10,15)(H,11,12,13,14). The third-order valence-corrected chi connectivity index (χ3v) is 2.57. The van der Waals surface area contributed by atoms with Crippen molar-refractivity contribution in [1.82, 2.24) is 25.9 Å². The van der Waals surface area contributed by atoms with Gasteiger partial charge in [0.25, 0.3) is 5.91 Å². The van der Waals surface area contributed by atoms with Gasteiger partial charge < -0.3 is 9.73 Å². The molecule has 0 radical (unpaired) electrons. The molecule has 0 fully saturated rings. The highest BCUT2D eigenvalue weighted by Gasteiger charge is 2.17. The van der Waals surface area contributed by atoms with Gasteiger partial charge in [-0.25, -0.2) is 0 Å². The van der Waals surface area contributed by atoms with E-state index in [0.29, 0.717) is 16.1 Å². The normalized spacial score (nSPS) is 12.4. The van der Waals surface area contributed by atoms with Crippen molar-refractivity contribution < 1.29 is 9.21 Å². The van der Waals surface area contributed by atoms with Gasteiger partial charge in [-0.2, -0.15) is 5.21 Å². The molecule has 0 aromatic carbocycles. The Hall–Kier alpha value is -1.70. The molecular weight excluding hydrogens is 278 g/mol. The Morgan fingerprint density at radius 1 is 1.69 bits per heavy atom. The van der Waals surface area contributed by atoms with Gasteiger partial charge in [-0.05, 0) is 28.9 Å². The number of carbonyl (C=O) groups excluding carboxylic acids is 1. The van der Waals surface area contributed by atoms with E-state index < -0.39 is 0 Å². The van der Waals surface area contributed by atoms with Gasteiger partial charge in [0.2, 0.25) is 0 Å². The number of tetrazole rings is 1. The second-order valence-electron chi connectivity index (χ2n) is 3.07. The maximum absolute atomic E-state index is 11.7. The minimum absolute atomic E-state index is 0.266. The van der Waals surface area contributed by atoms with E-state index in [0.717, 1.165) is 0 Å². The number of nitrogens with one attached hydrogen (secondary N) is 2. The van der Waals surface area contributed by atoms with Gasteiger partial charge in [0.05, 0.1) is 17.9 Å². The summed E-state index contributed by atoms with van der Waals surface area (Å²) >= 11 is 3.13. The SMILES string of the molecule is CC(NC(=O)c1ccoc1Br)c1nn[nH]n1. The zero-order valence-electron chi connectivity index (χ0n) is 8.27. The van der Waals surface area contributed by atoms with Gasteiger partial charge in [0.15, 0.2) is 10.5 Å². The van der Waals surface area contributed by atoms with E-state index in [-0.39, 0.29) is 11.9 Å². The number of aromatic amines is 1. The molecule has 2 heterocycles. The van der Waals surface area contributed by atoms with Crippen LogP contribution in [0.1, 0.15) is 29.1 Å². The Kier molecular flexibility index (Phi) is 3.00. The van der Waals surface area contributed by atoms with E-state index in [1.54, 1.807) is 13.0 Å². The first-order valence-corrected chi connectivity index (χ1v) is 5.25. The molecule has 2 N–H and O–H groups in total. The van der Waals surface area contributed by atoms with Gasteiger partial charge in [0.1, 0.15) is 0 Å². The molecule has 1 amide bonds. The fourth-order valence-electron chi connectivity index (χ4n) is 1.15. The van der Waals surface area contributed by atoms with Gasteiger partial charge >= 0.3 is 0 Å². The Bertz CT molecular complexity index is 480. The van der Waals surface area contributed by atoms with Crippen LogP contribution in [0.2, 0.25) is 0 Å². The highest BCUT2D eigenvalue weighted by Crippen LogP contribution is 2.18. The molecule has 0 saturated heterocycles. The number of hydrogen-bond acceptors (Lipinski definition) is 5. The molecule has 7 nitrogen and oxygen atoms in total. The molecule has 2 rings (SSSR count). The number of H-pyrrole nitrogens is 1. The number of furan rings is 1. The maximum atomic E-state index is 11.7. The second kappa shape index (κ2) is 4.44. The minimum atomic E-state index is -0.326. The molecule has 2 aromatic heterocycles. The average molecular weight is 286 g/mol. The number of aromatic nitrogens is 4. The first kappa shape index (κ1) is 10.8. The number of amides is 1. The summed E-state index contributed by atoms with van der Waals surface area (Å²) in [5, 5.41) is 16.0. The molecule has 0 aliphatic carbocycles. The van der Waals surface area contributed by atoms with E-state index in [1.165, 1.54) is 6.26 Å². The van der Waals surface area contributed by atoms with Crippen molar-refractivity contribution in [3.05, 3.63) is 28.4 Å². The molecule has 1 unspecified atom stereocenters. The van der Waals surface area contributed by atoms with Crippen LogP contribution in [0.4, 0.5) is 0 Å². The number of carbonyl (C=O) groups is 1. The zero-order valence-corrected chi connectivity index (χ0v) is 9.85. The van der Waals surface area contributed by atoms with Crippen molar-refractivity contribution >= 4 is 21.8 Å². The Morgan fingerprint density at radius 3 is 3.06 bits per heavy atom. The summed E-state index contributed by atoms with van der Waals surface area (Å²) in [6, 6.07) is 1.25. The number of halogens is 1. The molecular formula is C8H8BrN5O2. The molecule has 1 atom stereocenters. The molecule has 84 valence electrons. The van der Waals surface area contributed by atoms with Crippen LogP contribution in [0.5, 0.6) is 0 Å². The maximum Gasteiger partial charge on any atom is 0.256 e. The lowest BCUT2D eigenvalue weighted by molar-refractivity contribution is 0.0936. The lowest BCUT2D eigenvalue weighted by atomic mass is 10.2. The molecule has 0 saturated carbocycles. The van der Waals surface area contributed by atoms with Gasteiger partial charge in [-0.15, -0.1) is 10.2 Å². The molecule has 0 spiro atoms. The summed E-state index contributed by atoms with van der Waals surface area (Å²) in [5.74, 6) is 0.158. The van der Waals surface area contributed by atoms with Crippen molar-refractivity contribution in [2.45, 2.75) is 13.0 Å². The summed E-state index contributed by atoms with van der Waals surface area (Å²) in [6.07, 6.45) is 1.43. The molecule has 8 heteroatoms. The zero-order chi connectivity index (χ0) is 11.5. The van der Waals surface area contributed by atoms with Gasteiger partial charge in [-0.3, -0.25) is 4.79 Å². The quantitative estimate of drug-likeness (QED) is 0.878. The topological polar surface area (TPSA) is 96.7 Å². The highest BCUT2D eigenvalue weighted by atomic mass is 79.9. The Morgan fingerprint density at radius 2 is 2.50 bits per heavy atom. The third-order valence-electron chi connectivity index (χ3n) is 1.96. The Labute approximate surface area is 98.7 Å². The van der Waals surface area contributed by atoms with Crippen LogP contribution in [-0.4, -0.2) is 26.5 Å². The molecule has 0 bridgehead atoms. The summed E-state index contributed by atoms with van der Waals surface area (Å²) in [7, 11) is 0. The third kappa shape index (κ3) is 2.11. The van der Waals surface area contributed by atoms with E-state index >= 15 is 0 Å². The monoisotopic (exact) mass is 285 g/mol. The predicted molar refractivity (Wildman–Crippen MR) is 56.5 cm³/mol. The molecule has 0 aliphatic rings. The predicted octanol–water partition coefficient (Wildman–Crippen LogP) is 1.05. The van der Waals surface area contributed by atoms with Crippen LogP contribution >= 0.6 is 15.9 Å². The van der Waals surface area contributed by atoms with Crippen LogP contribution in [-0.2, 0) is 0 Å². The highest BCUT2D eigenvalue weighted by molar-refractivity contribution is 9.10. The van der Waals surface area contributed by atoms with E-state index in [2.05, 4.69) is 41.9 Å². The van der Waals surface area contributed by atoms with Crippen molar-refractivity contribution in [3.63, 3.8) is 0 Å². The average Bonchev–Trinajstić information content (AvgIpc) is 2.86. The van der Waals surface area contributed by atoms with Gasteiger partial charge in [0, 0.05) is 0 Å². The van der Waals surface area contributed by atoms with E-state index in [9.17, 15) is 4.79 Å². The second-order valence-corrected chi connectivity index (χ2v) is 3.79. The molecule has 16 heavy (non-hydrogen) atoms. The van der Waals surface area contributed by atoms with Crippen LogP contribution in [0.25, 0.3) is 0 Å². The van der Waals surface area contributed by atoms with E-state index in [4.69, 9.17) is 4.42 Å². The lowest BCUT2D eigenvalue weighted by Gasteiger charge is -2.08. The number of nitrogens with zero attached hydrogens (tertiary/aromatic N) is 3. The summed E-state index contributed by atoms with van der Waals surface area (Å²) in [5.41, 5.74) is 0.426. The van der Waals surface area contributed by atoms with Crippen molar-refractivity contribution in [2.24, 2.45) is 0 Å². The molecule has 2 aromatic rings. The van der Waals surface area contributed by atoms with Crippen molar-refractivity contribution in [3.8, 4) is 0 Å². The van der Waals surface area contributed by atoms with Crippen molar-refractivity contribution in [2.75, 3.05) is 0 Å². The lowest BCUT2D eigenvalue weighted by Crippen LogP contribution is -2.27. The first-order valence-electron chi connectivity index (χ1n) is 4.45. The van der Waals surface area contributed by atoms with Gasteiger partial charge in [-0.1, -0.05) is 5.21 Å². The van der Waals surface area contributed by atoms with Crippen LogP contribution in [0.3, 0.4) is 0 Å². The fourth-order valence-corrected chi connectivity index (χ4v) is 1.57. The largest absolute Gasteiger partial charge is 0.457 e. The summed E-state index contributed by atoms with van der Waals surface area (Å²) in [4.78, 5) is 11.7. The number of hydrogen-bond donors (Lipinski definition) is 2. The Balaban J connectivity index is 2.06. The minimum Gasteiger partial charge on any atom is -0.457 e. The van der Waals surface area contributed by atoms with Crippen LogP contribution < -0.4 is 5.32 Å².